The minimum Gasteiger partial charge on any atom is -0.344 e. The lowest BCUT2D eigenvalue weighted by atomic mass is 9.92. The fourth-order valence-electron chi connectivity index (χ4n) is 5.57. The molecule has 0 saturated carbocycles. The molecular weight excluding hydrogens is 409 g/mol. The van der Waals surface area contributed by atoms with Gasteiger partial charge in [0.2, 0.25) is 5.91 Å². The van der Waals surface area contributed by atoms with Crippen LogP contribution in [0.15, 0.2) is 24.4 Å². The third-order valence-corrected chi connectivity index (χ3v) is 7.45. The molecule has 8 heteroatoms. The quantitative estimate of drug-likeness (QED) is 0.765. The van der Waals surface area contributed by atoms with Crippen molar-refractivity contribution in [2.24, 2.45) is 0 Å². The van der Waals surface area contributed by atoms with E-state index in [0.717, 1.165) is 55.7 Å². The van der Waals surface area contributed by atoms with Gasteiger partial charge in [0, 0.05) is 61.4 Å². The molecule has 0 aliphatic carbocycles. The van der Waals surface area contributed by atoms with Crippen molar-refractivity contribution in [2.45, 2.75) is 50.7 Å². The summed E-state index contributed by atoms with van der Waals surface area (Å²) in [4.78, 5) is 27.7. The van der Waals surface area contributed by atoms with Crippen molar-refractivity contribution in [2.75, 3.05) is 44.2 Å². The summed E-state index contributed by atoms with van der Waals surface area (Å²) in [5, 5.41) is 6.79. The molecule has 3 saturated heterocycles. The molecule has 1 aromatic heterocycles. The van der Waals surface area contributed by atoms with Crippen LogP contribution in [0.25, 0.3) is 10.9 Å². The van der Waals surface area contributed by atoms with Gasteiger partial charge in [-0.1, -0.05) is 0 Å². The fourth-order valence-corrected chi connectivity index (χ4v) is 5.57. The number of nitrogens with one attached hydrogen (secondary N) is 2. The number of aryl methyl sites for hydroxylation is 1. The smallest absolute Gasteiger partial charge is 0.328 e. The Hall–Kier alpha value is -2.45. The molecule has 32 heavy (non-hydrogen) atoms. The maximum absolute atomic E-state index is 15.1. The first-order valence-corrected chi connectivity index (χ1v) is 11.8. The van der Waals surface area contributed by atoms with Gasteiger partial charge in [-0.3, -0.25) is 15.0 Å². The van der Waals surface area contributed by atoms with Gasteiger partial charge in [0.1, 0.15) is 5.67 Å². The van der Waals surface area contributed by atoms with E-state index in [4.69, 9.17) is 0 Å². The van der Waals surface area contributed by atoms with Gasteiger partial charge in [0.25, 0.3) is 0 Å². The summed E-state index contributed by atoms with van der Waals surface area (Å²) in [6, 6.07) is 6.24. The molecule has 3 aliphatic rings. The van der Waals surface area contributed by atoms with Gasteiger partial charge in [0.15, 0.2) is 0 Å². The van der Waals surface area contributed by atoms with Crippen molar-refractivity contribution >= 4 is 28.5 Å². The third-order valence-electron chi connectivity index (χ3n) is 7.45. The summed E-state index contributed by atoms with van der Waals surface area (Å²) >= 11 is 0. The molecule has 7 nitrogen and oxygen atoms in total. The third kappa shape index (κ3) is 4.01. The van der Waals surface area contributed by atoms with E-state index < -0.39 is 5.67 Å². The molecule has 1 aromatic carbocycles. The predicted octanol–water partition coefficient (Wildman–Crippen LogP) is 3.12. The molecule has 172 valence electrons. The second-order valence-electron chi connectivity index (χ2n) is 9.53. The molecule has 0 spiro atoms. The number of alkyl halides is 1. The Bertz CT molecular complexity index is 1020. The van der Waals surface area contributed by atoms with Crippen molar-refractivity contribution in [3.05, 3.63) is 30.0 Å². The molecule has 2 N–H and O–H groups in total. The van der Waals surface area contributed by atoms with Crippen molar-refractivity contribution in [3.8, 4) is 0 Å². The average Bonchev–Trinajstić information content (AvgIpc) is 3.20. The molecule has 3 amide bonds. The molecular formula is C24H32FN5O2. The van der Waals surface area contributed by atoms with E-state index in [9.17, 15) is 9.59 Å². The first kappa shape index (κ1) is 21.4. The van der Waals surface area contributed by atoms with Gasteiger partial charge in [-0.25, -0.2) is 9.18 Å². The molecule has 0 bridgehead atoms. The van der Waals surface area contributed by atoms with Crippen LogP contribution in [0, 0.1) is 6.92 Å². The van der Waals surface area contributed by atoms with E-state index >= 15 is 4.39 Å². The van der Waals surface area contributed by atoms with Gasteiger partial charge < -0.3 is 14.8 Å². The van der Waals surface area contributed by atoms with Gasteiger partial charge in [0.05, 0.1) is 0 Å². The predicted molar refractivity (Wildman–Crippen MR) is 123 cm³/mol. The Morgan fingerprint density at radius 2 is 1.84 bits per heavy atom. The van der Waals surface area contributed by atoms with Crippen LogP contribution in [0.5, 0.6) is 0 Å². The highest BCUT2D eigenvalue weighted by atomic mass is 19.1. The zero-order valence-electron chi connectivity index (χ0n) is 18.7. The Balaban J connectivity index is 1.29. The normalized spacial score (nSPS) is 23.0. The zero-order chi connectivity index (χ0) is 22.3. The molecule has 0 unspecified atom stereocenters. The number of carbonyl (C=O) groups is 2. The summed E-state index contributed by atoms with van der Waals surface area (Å²) in [5.41, 5.74) is 2.02. The number of benzene rings is 1. The SMILES string of the molecule is Cc1c(N2CCC(=O)NC2=O)ccc2c1ccn2C1CCN(CC2(F)CCNCC2)CC1. The lowest BCUT2D eigenvalue weighted by Crippen LogP contribution is -2.49. The van der Waals surface area contributed by atoms with Gasteiger partial charge >= 0.3 is 6.03 Å². The highest BCUT2D eigenvalue weighted by Crippen LogP contribution is 2.34. The number of aromatic nitrogens is 1. The van der Waals surface area contributed by atoms with Crippen molar-refractivity contribution in [1.29, 1.82) is 0 Å². The number of carbonyl (C=O) groups excluding carboxylic acids is 2. The van der Waals surface area contributed by atoms with Crippen LogP contribution in [0.1, 0.15) is 43.7 Å². The van der Waals surface area contributed by atoms with Crippen LogP contribution in [-0.2, 0) is 4.79 Å². The number of piperidine rings is 2. The second kappa shape index (κ2) is 8.48. The van der Waals surface area contributed by atoms with Crippen LogP contribution in [-0.4, -0.2) is 66.3 Å². The standard InChI is InChI=1S/C24H32FN5O2/c1-17-19-6-14-29(21(19)3-2-20(17)30-15-7-22(31)27-23(30)32)18-4-12-28(13-5-18)16-24(25)8-10-26-11-9-24/h2-3,6,14,18,26H,4-5,7-13,15-16H2,1H3,(H,27,31,32). The van der Waals surface area contributed by atoms with E-state index in [1.165, 1.54) is 5.52 Å². The summed E-state index contributed by atoms with van der Waals surface area (Å²) in [5.74, 6) is -0.221. The van der Waals surface area contributed by atoms with E-state index in [1.54, 1.807) is 4.90 Å². The summed E-state index contributed by atoms with van der Waals surface area (Å²) in [6.07, 6.45) is 5.70. The number of halogens is 1. The van der Waals surface area contributed by atoms with Crippen LogP contribution in [0.3, 0.4) is 0 Å². The zero-order valence-corrected chi connectivity index (χ0v) is 18.7. The Morgan fingerprint density at radius 3 is 2.56 bits per heavy atom. The number of rotatable bonds is 4. The molecule has 4 heterocycles. The fraction of sp³-hybridized carbons (Fsp3) is 0.583. The number of urea groups is 1. The van der Waals surface area contributed by atoms with Crippen molar-refractivity contribution < 1.29 is 14.0 Å². The van der Waals surface area contributed by atoms with Crippen molar-refractivity contribution in [3.63, 3.8) is 0 Å². The first-order valence-electron chi connectivity index (χ1n) is 11.8. The Labute approximate surface area is 187 Å². The number of hydrogen-bond acceptors (Lipinski definition) is 4. The minimum atomic E-state index is -1.04. The number of fused-ring (bicyclic) bond motifs is 1. The van der Waals surface area contributed by atoms with Gasteiger partial charge in [-0.2, -0.15) is 0 Å². The minimum absolute atomic E-state index is 0.221. The number of anilines is 1. The van der Waals surface area contributed by atoms with Crippen LogP contribution < -0.4 is 15.5 Å². The van der Waals surface area contributed by atoms with Crippen molar-refractivity contribution in [1.82, 2.24) is 20.1 Å². The van der Waals surface area contributed by atoms with E-state index in [2.05, 4.69) is 38.4 Å². The highest BCUT2D eigenvalue weighted by molar-refractivity contribution is 6.07. The van der Waals surface area contributed by atoms with E-state index in [0.29, 0.717) is 38.4 Å². The van der Waals surface area contributed by atoms with E-state index in [-0.39, 0.29) is 11.9 Å². The molecule has 3 aliphatic heterocycles. The number of imide groups is 1. The largest absolute Gasteiger partial charge is 0.344 e. The lowest BCUT2D eigenvalue weighted by molar-refractivity contribution is -0.120. The monoisotopic (exact) mass is 441 g/mol. The molecule has 3 fully saturated rings. The summed E-state index contributed by atoms with van der Waals surface area (Å²) in [6.45, 7) is 6.39. The average molecular weight is 442 g/mol. The summed E-state index contributed by atoms with van der Waals surface area (Å²) < 4.78 is 17.4. The molecule has 5 rings (SSSR count). The molecule has 0 radical (unpaired) electrons. The lowest BCUT2D eigenvalue weighted by Gasteiger charge is -2.39. The van der Waals surface area contributed by atoms with Crippen LogP contribution in [0.4, 0.5) is 14.9 Å². The second-order valence-corrected chi connectivity index (χ2v) is 9.53. The summed E-state index contributed by atoms with van der Waals surface area (Å²) in [7, 11) is 0. The number of amides is 3. The van der Waals surface area contributed by atoms with Crippen LogP contribution >= 0.6 is 0 Å². The number of hydrogen-bond donors (Lipinski definition) is 2. The Morgan fingerprint density at radius 1 is 1.09 bits per heavy atom. The maximum atomic E-state index is 15.1. The highest BCUT2D eigenvalue weighted by Gasteiger charge is 2.35. The maximum Gasteiger partial charge on any atom is 0.328 e. The first-order chi connectivity index (χ1) is 15.4. The van der Waals surface area contributed by atoms with E-state index in [1.807, 2.05) is 13.0 Å². The van der Waals surface area contributed by atoms with Crippen LogP contribution in [0.2, 0.25) is 0 Å². The van der Waals surface area contributed by atoms with Gasteiger partial charge in [-0.15, -0.1) is 0 Å². The molecule has 2 aromatic rings. The van der Waals surface area contributed by atoms with Gasteiger partial charge in [-0.05, 0) is 69.5 Å². The Kier molecular flexibility index (Phi) is 5.67. The molecule has 0 atom stereocenters. The number of likely N-dealkylation sites (tertiary alicyclic amines) is 1. The topological polar surface area (TPSA) is 69.6 Å². The number of nitrogens with zero attached hydrogens (tertiary/aromatic N) is 3.